The number of nitrogens with one attached hydrogen (secondary N) is 10. The number of nitrogens with zero attached hydrogens (tertiary/aromatic N) is 4. The van der Waals surface area contributed by atoms with E-state index in [1.165, 1.54) is 57.1 Å². The van der Waals surface area contributed by atoms with Crippen LogP contribution in [0.25, 0.3) is 10.8 Å². The van der Waals surface area contributed by atoms with Crippen LogP contribution in [0.3, 0.4) is 0 Å². The zero-order valence-corrected chi connectivity index (χ0v) is 66.4. The number of pyridine rings is 3. The normalized spacial score (nSPS) is 16.2. The lowest BCUT2D eigenvalue weighted by molar-refractivity contribution is -0.161. The summed E-state index contributed by atoms with van der Waals surface area (Å²) in [6, 6.07) is 14.3. The van der Waals surface area contributed by atoms with Crippen LogP contribution in [0.4, 0.5) is 0 Å². The lowest BCUT2D eigenvalue weighted by atomic mass is 9.96. The van der Waals surface area contributed by atoms with E-state index in [1.54, 1.807) is 68.4 Å². The molecule has 0 radical (unpaired) electrons. The SMILES string of the molecule is CC(=O)N[C@H](Cc1ccc2ccccc2c1)C(=O)N[C@H](Cc1ccc(Cl)cc1)C(=O)N[C@H](Cc1cccnc1)C(=O)N[C@@H](CO)C(=O)N[C@H](CCCCNC(=O)c1cccnc1)C(=O)N[C@@H](CC(C)C)C(=O)N[C@@H](CCCC(N)C(=O)c1cccnc1)C(=O)N[C@@H](CCCC(N)C(C)C)C(=O)N1CCC[C@]1(N[C@H](C)C(N)=O)C(=O)O. The minimum absolute atomic E-state index is 0.00604. The topological polar surface area (TPSA) is 503 Å². The van der Waals surface area contributed by atoms with Crippen LogP contribution in [0.1, 0.15) is 156 Å². The second-order valence-corrected chi connectivity index (χ2v) is 30.2. The number of likely N-dealkylation sites (tertiary alicyclic amines) is 1. The molecule has 18 N–H and O–H groups in total. The monoisotopic (exact) mass is 1610 g/mol. The lowest BCUT2D eigenvalue weighted by Crippen LogP contribution is -2.68. The highest BCUT2D eigenvalue weighted by Crippen LogP contribution is 2.30. The number of carboxylic acid groups (broad SMARTS) is 1. The van der Waals surface area contributed by atoms with Crippen molar-refractivity contribution >= 4 is 99.1 Å². The Morgan fingerprint density at radius 2 is 1.02 bits per heavy atom. The summed E-state index contributed by atoms with van der Waals surface area (Å²) in [6.45, 7) is 8.81. The fourth-order valence-electron chi connectivity index (χ4n) is 13.4. The number of hydrogen-bond acceptors (Lipinski definition) is 20. The van der Waals surface area contributed by atoms with Crippen molar-refractivity contribution in [1.82, 2.24) is 73.0 Å². The summed E-state index contributed by atoms with van der Waals surface area (Å²) in [5, 5.41) is 51.2. The van der Waals surface area contributed by atoms with Crippen molar-refractivity contribution in [2.45, 2.75) is 210 Å². The number of unbranched alkanes of at least 4 members (excludes halogenated alkanes) is 1. The number of Topliss-reactive ketones (excluding diaryl/α,β-unsaturated/α-hetero) is 1. The average Bonchev–Trinajstić information content (AvgIpc) is 1.64. The van der Waals surface area contributed by atoms with Gasteiger partial charge in [-0.3, -0.25) is 77.8 Å². The molecule has 33 heteroatoms. The van der Waals surface area contributed by atoms with Crippen molar-refractivity contribution in [2.75, 3.05) is 19.7 Å². The molecule has 2 unspecified atom stereocenters. The summed E-state index contributed by atoms with van der Waals surface area (Å²) < 4.78 is 0. The number of fused-ring (bicyclic) bond motifs is 1. The number of hydrogen-bond donors (Lipinski definition) is 15. The van der Waals surface area contributed by atoms with Gasteiger partial charge in [0.1, 0.15) is 48.3 Å². The maximum Gasteiger partial charge on any atom is 0.344 e. The van der Waals surface area contributed by atoms with Crippen molar-refractivity contribution in [3.63, 3.8) is 0 Å². The minimum atomic E-state index is -2.13. The molecule has 0 bridgehead atoms. The van der Waals surface area contributed by atoms with Gasteiger partial charge >= 0.3 is 5.97 Å². The van der Waals surface area contributed by atoms with E-state index in [-0.39, 0.29) is 132 Å². The molecule has 0 aliphatic carbocycles. The fraction of sp³-hybridized carbons (Fsp3) is 0.463. The van der Waals surface area contributed by atoms with Gasteiger partial charge in [0.05, 0.1) is 24.3 Å². The largest absolute Gasteiger partial charge is 0.478 e. The number of benzene rings is 3. The van der Waals surface area contributed by atoms with E-state index in [1.807, 2.05) is 56.3 Å². The molecule has 1 fully saturated rings. The lowest BCUT2D eigenvalue weighted by Gasteiger charge is -2.39. The van der Waals surface area contributed by atoms with E-state index in [0.717, 1.165) is 15.7 Å². The average molecular weight is 1610 g/mol. The minimum Gasteiger partial charge on any atom is -0.478 e. The van der Waals surface area contributed by atoms with Crippen LogP contribution in [-0.2, 0) is 72.0 Å². The van der Waals surface area contributed by atoms with Crippen LogP contribution in [-0.4, -0.2) is 199 Å². The number of carboxylic acids is 1. The van der Waals surface area contributed by atoms with E-state index in [4.69, 9.17) is 28.8 Å². The standard InChI is InChI=1S/C82H108ClN17O15/c1-48(2)39-65(75(108)92-63(25-12-23-61(85)70(103)57-20-14-35-88-45-57)73(106)94-64(26-11-22-60(84)49(3)4)80(113)100-38-16-33-82(100,81(114)115)99-50(5)71(86)104)95-74(107)62(24-9-10-37-90-72(105)58-21-15-36-89-46-58)93-79(112)69(47-101)98-78(111)68(43-54-17-13-34-87-44-54)97-77(110)67(41-52-28-31-59(83)32-29-52)96-76(109)66(91-51(6)102)42-53-27-30-55-18-7-8-19-56(55)40-53/h7-8,13-15,17-21,27-32,34-36,40,44-46,48-50,60-69,99,101H,9-12,16,22-26,33,37-39,41-43,47,84-85H2,1-6H3,(H2,86,104)(H,90,105)(H,91,102)(H,92,108)(H,93,112)(H,94,106)(H,95,107)(H,96,109)(H,97,110)(H,98,111)(H,114,115)/t50-,60?,61?,62-,63+,64+,65+,66-,67-,68-,69+,82-/m1/s1. The predicted octanol–water partition coefficient (Wildman–Crippen LogP) is 2.64. The molecular formula is C82H108ClN17O15. The molecule has 618 valence electrons. The number of primary amides is 1. The highest BCUT2D eigenvalue weighted by atomic mass is 35.5. The van der Waals surface area contributed by atoms with Gasteiger partial charge in [-0.25, -0.2) is 4.79 Å². The zero-order chi connectivity index (χ0) is 83.9. The van der Waals surface area contributed by atoms with Crippen LogP contribution in [0.2, 0.25) is 5.02 Å². The van der Waals surface area contributed by atoms with E-state index >= 15 is 19.2 Å². The molecule has 4 heterocycles. The quantitative estimate of drug-likeness (QED) is 0.0193. The second kappa shape index (κ2) is 45.0. The Bertz CT molecular complexity index is 4300. The maximum absolute atomic E-state index is 15.1. The van der Waals surface area contributed by atoms with E-state index < -0.39 is 149 Å². The van der Waals surface area contributed by atoms with Gasteiger partial charge in [-0.2, -0.15) is 0 Å². The summed E-state index contributed by atoms with van der Waals surface area (Å²) in [4.78, 5) is 198. The van der Waals surface area contributed by atoms with Crippen LogP contribution >= 0.6 is 11.6 Å². The van der Waals surface area contributed by atoms with Gasteiger partial charge in [0.25, 0.3) is 5.91 Å². The number of aromatic nitrogens is 3. The van der Waals surface area contributed by atoms with Gasteiger partial charge < -0.3 is 80.2 Å². The van der Waals surface area contributed by atoms with Gasteiger partial charge in [-0.1, -0.05) is 100.0 Å². The summed E-state index contributed by atoms with van der Waals surface area (Å²) in [7, 11) is 0. The number of aliphatic hydroxyl groups excluding tert-OH is 1. The van der Waals surface area contributed by atoms with E-state index in [0.29, 0.717) is 28.1 Å². The molecule has 1 aliphatic heterocycles. The Morgan fingerprint density at radius 1 is 0.522 bits per heavy atom. The third-order valence-corrected chi connectivity index (χ3v) is 20.2. The van der Waals surface area contributed by atoms with E-state index in [2.05, 4.69) is 68.1 Å². The summed E-state index contributed by atoms with van der Waals surface area (Å²) in [5.41, 5.74) is 18.5. The first-order valence-corrected chi connectivity index (χ1v) is 39.1. The Morgan fingerprint density at radius 3 is 1.58 bits per heavy atom. The molecule has 32 nitrogen and oxygen atoms in total. The smallest absolute Gasteiger partial charge is 0.344 e. The maximum atomic E-state index is 15.1. The molecule has 7 rings (SSSR count). The Kier molecular flexibility index (Phi) is 35.6. The van der Waals surface area contributed by atoms with Gasteiger partial charge in [0.15, 0.2) is 11.4 Å². The van der Waals surface area contributed by atoms with Gasteiger partial charge in [0, 0.05) is 93.1 Å². The zero-order valence-electron chi connectivity index (χ0n) is 65.6. The first-order chi connectivity index (χ1) is 54.9. The molecule has 3 aromatic heterocycles. The van der Waals surface area contributed by atoms with Crippen molar-refractivity contribution < 1.29 is 72.5 Å². The molecule has 0 spiro atoms. The number of rotatable bonds is 46. The van der Waals surface area contributed by atoms with Gasteiger partial charge in [-0.05, 0) is 166 Å². The fourth-order valence-corrected chi connectivity index (χ4v) is 13.5. The van der Waals surface area contributed by atoms with Crippen molar-refractivity contribution in [3.8, 4) is 0 Å². The molecule has 115 heavy (non-hydrogen) atoms. The highest BCUT2D eigenvalue weighted by Gasteiger charge is 2.53. The van der Waals surface area contributed by atoms with Gasteiger partial charge in [-0.15, -0.1) is 0 Å². The third kappa shape index (κ3) is 28.1. The molecule has 3 aromatic carbocycles. The van der Waals surface area contributed by atoms with E-state index in [9.17, 15) is 53.4 Å². The molecule has 11 amide bonds. The second-order valence-electron chi connectivity index (χ2n) is 29.8. The molecule has 6 aromatic rings. The Labute approximate surface area is 673 Å². The Balaban J connectivity index is 1.17. The number of carbonyl (C=O) groups is 13. The van der Waals surface area contributed by atoms with Crippen LogP contribution in [0.15, 0.2) is 140 Å². The highest BCUT2D eigenvalue weighted by molar-refractivity contribution is 6.30. The third-order valence-electron chi connectivity index (χ3n) is 20.0. The number of ketones is 1. The summed E-state index contributed by atoms with van der Waals surface area (Å²) in [5.74, 6) is -11.5. The van der Waals surface area contributed by atoms with Crippen LogP contribution in [0, 0.1) is 11.8 Å². The number of carbonyl (C=O) groups excluding carboxylic acids is 12. The number of nitrogens with two attached hydrogens (primary N) is 3. The van der Waals surface area contributed by atoms with Crippen LogP contribution < -0.4 is 70.4 Å². The number of aliphatic carboxylic acids is 1. The van der Waals surface area contributed by atoms with Crippen LogP contribution in [0.5, 0.6) is 0 Å². The number of aliphatic hydroxyl groups is 1. The molecular weight excluding hydrogens is 1500 g/mol. The Hall–Kier alpha value is -11.2. The molecule has 1 aliphatic rings. The molecule has 0 saturated carbocycles. The van der Waals surface area contributed by atoms with Crippen molar-refractivity contribution in [2.24, 2.45) is 29.0 Å². The van der Waals surface area contributed by atoms with Crippen molar-refractivity contribution in [1.29, 1.82) is 0 Å². The number of halogens is 1. The summed E-state index contributed by atoms with van der Waals surface area (Å²) >= 11 is 6.26. The number of amides is 11. The van der Waals surface area contributed by atoms with Gasteiger partial charge in [0.2, 0.25) is 59.1 Å². The first kappa shape index (κ1) is 91.0. The van der Waals surface area contributed by atoms with Crippen molar-refractivity contribution in [3.05, 3.63) is 173 Å². The molecule has 12 atom stereocenters. The molecule has 1 saturated heterocycles. The predicted molar refractivity (Wildman–Crippen MR) is 429 cm³/mol. The first-order valence-electron chi connectivity index (χ1n) is 38.7. The summed E-state index contributed by atoms with van der Waals surface area (Å²) in [6.07, 6.45) is 8.63.